The first-order valence-corrected chi connectivity index (χ1v) is 11.9. The SMILES string of the molecule is COCCCn1c(=S)[nH]c2cc(C(=O)N3CCCN(c4ccc(OC)cc4)CC3)ccc2c1=O. The van der Waals surface area contributed by atoms with E-state index >= 15 is 0 Å². The van der Waals surface area contributed by atoms with Crippen molar-refractivity contribution < 1.29 is 14.3 Å². The molecule has 1 aromatic heterocycles. The lowest BCUT2D eigenvalue weighted by Crippen LogP contribution is -2.35. The minimum Gasteiger partial charge on any atom is -0.497 e. The van der Waals surface area contributed by atoms with Crippen LogP contribution in [0.4, 0.5) is 5.69 Å². The van der Waals surface area contributed by atoms with Crippen LogP contribution in [0.5, 0.6) is 5.75 Å². The van der Waals surface area contributed by atoms with Gasteiger partial charge in [-0.05, 0) is 67.5 Å². The van der Waals surface area contributed by atoms with Gasteiger partial charge in [-0.1, -0.05) is 0 Å². The minimum atomic E-state index is -0.154. The Morgan fingerprint density at radius 2 is 1.85 bits per heavy atom. The summed E-state index contributed by atoms with van der Waals surface area (Å²) in [5.74, 6) is 0.787. The molecule has 1 saturated heterocycles. The summed E-state index contributed by atoms with van der Waals surface area (Å²) in [4.78, 5) is 33.5. The van der Waals surface area contributed by atoms with Gasteiger partial charge in [-0.15, -0.1) is 0 Å². The summed E-state index contributed by atoms with van der Waals surface area (Å²) in [5, 5.41) is 0.518. The molecule has 3 aromatic rings. The molecule has 180 valence electrons. The highest BCUT2D eigenvalue weighted by atomic mass is 32.1. The largest absolute Gasteiger partial charge is 0.497 e. The van der Waals surface area contributed by atoms with Crippen LogP contribution in [0.1, 0.15) is 23.2 Å². The second kappa shape index (κ2) is 10.8. The number of H-pyrrole nitrogens is 1. The van der Waals surface area contributed by atoms with Gasteiger partial charge < -0.3 is 24.3 Å². The highest BCUT2D eigenvalue weighted by Gasteiger charge is 2.21. The third kappa shape index (κ3) is 5.15. The zero-order valence-electron chi connectivity index (χ0n) is 19.6. The number of benzene rings is 2. The first-order valence-electron chi connectivity index (χ1n) is 11.5. The smallest absolute Gasteiger partial charge is 0.262 e. The summed E-state index contributed by atoms with van der Waals surface area (Å²) in [6.45, 7) is 3.97. The molecule has 1 amide bonds. The molecule has 0 spiro atoms. The number of carbonyl (C=O) groups is 1. The van der Waals surface area contributed by atoms with E-state index < -0.39 is 0 Å². The quantitative estimate of drug-likeness (QED) is 0.410. The van der Waals surface area contributed by atoms with Gasteiger partial charge in [0, 0.05) is 57.7 Å². The van der Waals surface area contributed by atoms with Crippen molar-refractivity contribution in [2.75, 3.05) is 51.9 Å². The number of amides is 1. The molecule has 4 rings (SSSR count). The van der Waals surface area contributed by atoms with Crippen LogP contribution in [0.25, 0.3) is 10.9 Å². The van der Waals surface area contributed by atoms with E-state index in [9.17, 15) is 9.59 Å². The van der Waals surface area contributed by atoms with Crippen LogP contribution >= 0.6 is 12.2 Å². The molecule has 0 atom stereocenters. The van der Waals surface area contributed by atoms with E-state index in [4.69, 9.17) is 21.7 Å². The Morgan fingerprint density at radius 3 is 2.59 bits per heavy atom. The van der Waals surface area contributed by atoms with Crippen molar-refractivity contribution in [2.45, 2.75) is 19.4 Å². The zero-order valence-corrected chi connectivity index (χ0v) is 20.4. The molecule has 34 heavy (non-hydrogen) atoms. The number of methoxy groups -OCH3 is 2. The number of hydrogen-bond acceptors (Lipinski definition) is 6. The zero-order chi connectivity index (χ0) is 24.1. The fraction of sp³-hybridized carbons (Fsp3) is 0.400. The Labute approximate surface area is 203 Å². The molecular formula is C25H30N4O4S. The van der Waals surface area contributed by atoms with Crippen molar-refractivity contribution in [1.82, 2.24) is 14.5 Å². The number of aromatic nitrogens is 2. The Morgan fingerprint density at radius 1 is 1.06 bits per heavy atom. The summed E-state index contributed by atoms with van der Waals surface area (Å²) < 4.78 is 12.2. The highest BCUT2D eigenvalue weighted by molar-refractivity contribution is 7.71. The van der Waals surface area contributed by atoms with Crippen LogP contribution in [0, 0.1) is 4.77 Å². The van der Waals surface area contributed by atoms with Gasteiger partial charge in [0.15, 0.2) is 4.77 Å². The number of anilines is 1. The van der Waals surface area contributed by atoms with Crippen LogP contribution in [0.3, 0.4) is 0 Å². The minimum absolute atomic E-state index is 0.0397. The molecule has 9 heteroatoms. The number of aromatic amines is 1. The second-order valence-corrected chi connectivity index (χ2v) is 8.71. The molecule has 2 aromatic carbocycles. The molecule has 1 aliphatic heterocycles. The number of rotatable bonds is 7. The van der Waals surface area contributed by atoms with Gasteiger partial charge in [-0.25, -0.2) is 0 Å². The van der Waals surface area contributed by atoms with E-state index in [0.717, 1.165) is 30.9 Å². The topological polar surface area (TPSA) is 79.8 Å². The van der Waals surface area contributed by atoms with E-state index in [0.29, 0.717) is 53.9 Å². The van der Waals surface area contributed by atoms with E-state index in [1.54, 1.807) is 37.0 Å². The van der Waals surface area contributed by atoms with Crippen LogP contribution in [0.15, 0.2) is 47.3 Å². The fourth-order valence-electron chi connectivity index (χ4n) is 4.31. The normalized spacial score (nSPS) is 14.3. The van der Waals surface area contributed by atoms with Crippen LogP contribution in [-0.2, 0) is 11.3 Å². The first-order chi connectivity index (χ1) is 16.5. The molecular weight excluding hydrogens is 452 g/mol. The number of nitrogens with one attached hydrogen (secondary N) is 1. The summed E-state index contributed by atoms with van der Waals surface area (Å²) >= 11 is 5.40. The summed E-state index contributed by atoms with van der Waals surface area (Å²) in [6, 6.07) is 13.2. The molecule has 0 unspecified atom stereocenters. The Balaban J connectivity index is 1.50. The maximum Gasteiger partial charge on any atom is 0.262 e. The molecule has 1 aliphatic rings. The maximum absolute atomic E-state index is 13.3. The Bertz CT molecular complexity index is 1270. The summed E-state index contributed by atoms with van der Waals surface area (Å²) in [7, 11) is 3.28. The summed E-state index contributed by atoms with van der Waals surface area (Å²) in [6.07, 6.45) is 1.57. The lowest BCUT2D eigenvalue weighted by Gasteiger charge is -2.24. The molecule has 8 nitrogen and oxygen atoms in total. The van der Waals surface area contributed by atoms with E-state index in [-0.39, 0.29) is 11.5 Å². The van der Waals surface area contributed by atoms with Crippen molar-refractivity contribution >= 4 is 34.7 Å². The number of nitrogens with zero attached hydrogens (tertiary/aromatic N) is 3. The highest BCUT2D eigenvalue weighted by Crippen LogP contribution is 2.21. The predicted molar refractivity (Wildman–Crippen MR) is 136 cm³/mol. The standard InChI is InChI=1S/C25H30N4O4S/c1-32-16-4-13-29-24(31)21-10-5-18(17-22(21)26-25(29)34)23(30)28-12-3-11-27(14-15-28)19-6-8-20(33-2)9-7-19/h5-10,17H,3-4,11-16H2,1-2H3,(H,26,34). The van der Waals surface area contributed by atoms with Gasteiger partial charge in [0.1, 0.15) is 5.75 Å². The van der Waals surface area contributed by atoms with Gasteiger partial charge in [0.25, 0.3) is 11.5 Å². The molecule has 0 bridgehead atoms. The molecule has 0 aliphatic carbocycles. The second-order valence-electron chi connectivity index (χ2n) is 8.32. The number of fused-ring (bicyclic) bond motifs is 1. The van der Waals surface area contributed by atoms with Gasteiger partial charge in [0.2, 0.25) is 0 Å². The number of ether oxygens (including phenoxy) is 2. The van der Waals surface area contributed by atoms with Crippen LogP contribution in [0.2, 0.25) is 0 Å². The lowest BCUT2D eigenvalue weighted by atomic mass is 10.1. The van der Waals surface area contributed by atoms with Crippen molar-refractivity contribution in [3.05, 3.63) is 63.2 Å². The number of hydrogen-bond donors (Lipinski definition) is 1. The van der Waals surface area contributed by atoms with Crippen molar-refractivity contribution in [2.24, 2.45) is 0 Å². The molecule has 1 fully saturated rings. The number of carbonyl (C=O) groups excluding carboxylic acids is 1. The van der Waals surface area contributed by atoms with E-state index in [1.807, 2.05) is 29.2 Å². The lowest BCUT2D eigenvalue weighted by molar-refractivity contribution is 0.0767. The third-order valence-corrected chi connectivity index (χ3v) is 6.50. The summed E-state index contributed by atoms with van der Waals surface area (Å²) in [5.41, 5.74) is 2.10. The third-order valence-electron chi connectivity index (χ3n) is 6.18. The average molecular weight is 483 g/mol. The molecule has 2 heterocycles. The monoisotopic (exact) mass is 482 g/mol. The van der Waals surface area contributed by atoms with Crippen molar-refractivity contribution in [3.63, 3.8) is 0 Å². The predicted octanol–water partition coefficient (Wildman–Crippen LogP) is 3.46. The van der Waals surface area contributed by atoms with Gasteiger partial charge in [-0.3, -0.25) is 14.2 Å². The molecule has 1 N–H and O–H groups in total. The van der Waals surface area contributed by atoms with Gasteiger partial charge in [-0.2, -0.15) is 0 Å². The van der Waals surface area contributed by atoms with Gasteiger partial charge >= 0.3 is 0 Å². The van der Waals surface area contributed by atoms with Crippen LogP contribution < -0.4 is 15.2 Å². The van der Waals surface area contributed by atoms with Crippen LogP contribution in [-0.4, -0.2) is 67.4 Å². The average Bonchev–Trinajstić information content (AvgIpc) is 3.12. The fourth-order valence-corrected chi connectivity index (χ4v) is 4.60. The Kier molecular flexibility index (Phi) is 7.64. The van der Waals surface area contributed by atoms with E-state index in [1.165, 1.54) is 0 Å². The van der Waals surface area contributed by atoms with Gasteiger partial charge in [0.05, 0.1) is 18.0 Å². The first kappa shape index (κ1) is 24.0. The van der Waals surface area contributed by atoms with E-state index in [2.05, 4.69) is 9.88 Å². The molecule has 0 radical (unpaired) electrons. The molecule has 0 saturated carbocycles. The Hall–Kier alpha value is -3.17. The van der Waals surface area contributed by atoms with Crippen molar-refractivity contribution in [1.29, 1.82) is 0 Å². The maximum atomic E-state index is 13.3. The van der Waals surface area contributed by atoms with Crippen molar-refractivity contribution in [3.8, 4) is 5.75 Å².